The van der Waals surface area contributed by atoms with E-state index in [1.165, 1.54) is 16.4 Å². The zero-order chi connectivity index (χ0) is 25.2. The molecule has 13 heteroatoms. The van der Waals surface area contributed by atoms with Crippen LogP contribution in [0.3, 0.4) is 0 Å². The van der Waals surface area contributed by atoms with Gasteiger partial charge in [0.1, 0.15) is 0 Å². The largest absolute Gasteiger partial charge is 0.309 e. The first-order chi connectivity index (χ1) is 16.6. The summed E-state index contributed by atoms with van der Waals surface area (Å²) in [5.74, 6) is -0.206. The maximum absolute atomic E-state index is 12.9. The molecule has 2 aromatic carbocycles. The van der Waals surface area contributed by atoms with Crippen LogP contribution in [0.2, 0.25) is 10.0 Å². The predicted octanol–water partition coefficient (Wildman–Crippen LogP) is 4.19. The number of nitro groups is 1. The number of sulfonamides is 1. The lowest BCUT2D eigenvalue weighted by Gasteiger charge is -2.30. The molecule has 0 radical (unpaired) electrons. The van der Waals surface area contributed by atoms with E-state index in [1.54, 1.807) is 29.1 Å². The molecule has 0 bridgehead atoms. The molecule has 0 spiro atoms. The number of piperidine rings is 1. The van der Waals surface area contributed by atoms with Crippen molar-refractivity contribution in [1.82, 2.24) is 14.1 Å². The molecular weight excluding hydrogens is 517 g/mol. The van der Waals surface area contributed by atoms with E-state index in [9.17, 15) is 23.3 Å². The van der Waals surface area contributed by atoms with Gasteiger partial charge in [0.25, 0.3) is 5.69 Å². The molecule has 1 fully saturated rings. The summed E-state index contributed by atoms with van der Waals surface area (Å²) in [6, 6.07) is 11.6. The number of nitro benzene ring substituents is 1. The monoisotopic (exact) mass is 537 g/mol. The van der Waals surface area contributed by atoms with E-state index in [0.29, 0.717) is 35.2 Å². The van der Waals surface area contributed by atoms with Gasteiger partial charge < -0.3 is 5.32 Å². The van der Waals surface area contributed by atoms with Gasteiger partial charge in [-0.15, -0.1) is 0 Å². The van der Waals surface area contributed by atoms with E-state index >= 15 is 0 Å². The number of halogens is 2. The molecule has 0 atom stereocenters. The number of nitrogens with zero attached hydrogens (tertiary/aromatic N) is 4. The van der Waals surface area contributed by atoms with Crippen molar-refractivity contribution in [2.24, 2.45) is 5.92 Å². The van der Waals surface area contributed by atoms with E-state index < -0.39 is 14.9 Å². The molecule has 1 amide bonds. The molecule has 35 heavy (non-hydrogen) atoms. The summed E-state index contributed by atoms with van der Waals surface area (Å²) in [7, 11) is -3.80. The average Bonchev–Trinajstić information content (AvgIpc) is 3.27. The molecule has 0 aliphatic carbocycles. The van der Waals surface area contributed by atoms with Gasteiger partial charge in [-0.2, -0.15) is 9.40 Å². The Labute approximate surface area is 211 Å². The van der Waals surface area contributed by atoms with Crippen LogP contribution >= 0.6 is 23.2 Å². The number of benzene rings is 2. The van der Waals surface area contributed by atoms with Crippen LogP contribution in [0.25, 0.3) is 0 Å². The minimum absolute atomic E-state index is 0.0164. The van der Waals surface area contributed by atoms with Gasteiger partial charge in [0.2, 0.25) is 15.9 Å². The highest BCUT2D eigenvalue weighted by atomic mass is 35.5. The number of hydrogen-bond donors (Lipinski definition) is 1. The topological polar surface area (TPSA) is 127 Å². The van der Waals surface area contributed by atoms with E-state index in [0.717, 1.165) is 17.7 Å². The van der Waals surface area contributed by atoms with Gasteiger partial charge in [0.15, 0.2) is 5.82 Å². The van der Waals surface area contributed by atoms with E-state index in [2.05, 4.69) is 10.4 Å². The van der Waals surface area contributed by atoms with Gasteiger partial charge in [0.05, 0.1) is 16.4 Å². The van der Waals surface area contributed by atoms with Crippen molar-refractivity contribution in [1.29, 1.82) is 0 Å². The number of aromatic nitrogens is 2. The Bertz CT molecular complexity index is 1350. The van der Waals surface area contributed by atoms with Gasteiger partial charge in [-0.25, -0.2) is 8.42 Å². The summed E-state index contributed by atoms with van der Waals surface area (Å²) in [6.45, 7) is 0.743. The van der Waals surface area contributed by atoms with Gasteiger partial charge in [-0.05, 0) is 42.7 Å². The molecule has 0 saturated carbocycles. The van der Waals surface area contributed by atoms with Crippen molar-refractivity contribution < 1.29 is 18.1 Å². The van der Waals surface area contributed by atoms with Crippen LogP contribution in [0, 0.1) is 16.0 Å². The summed E-state index contributed by atoms with van der Waals surface area (Å²) >= 11 is 12.1. The maximum Gasteiger partial charge on any atom is 0.269 e. The van der Waals surface area contributed by atoms with Crippen LogP contribution in [0.5, 0.6) is 0 Å². The Balaban J connectivity index is 1.32. The molecule has 1 aromatic heterocycles. The van der Waals surface area contributed by atoms with Crippen LogP contribution < -0.4 is 5.32 Å². The highest BCUT2D eigenvalue weighted by Gasteiger charge is 2.32. The van der Waals surface area contributed by atoms with Gasteiger partial charge >= 0.3 is 0 Å². The highest BCUT2D eigenvalue weighted by molar-refractivity contribution is 7.89. The van der Waals surface area contributed by atoms with Crippen LogP contribution in [0.15, 0.2) is 59.6 Å². The normalized spacial score (nSPS) is 15.1. The molecule has 0 unspecified atom stereocenters. The molecule has 4 rings (SSSR count). The minimum Gasteiger partial charge on any atom is -0.309 e. The summed E-state index contributed by atoms with van der Waals surface area (Å²) in [5, 5.41) is 19.0. The zero-order valence-corrected chi connectivity index (χ0v) is 20.6. The molecule has 2 heterocycles. The van der Waals surface area contributed by atoms with Crippen LogP contribution in [-0.2, 0) is 21.4 Å². The van der Waals surface area contributed by atoms with Gasteiger partial charge in [-0.3, -0.25) is 19.6 Å². The fraction of sp³-hybridized carbons (Fsp3) is 0.273. The van der Waals surface area contributed by atoms with Crippen molar-refractivity contribution in [2.45, 2.75) is 24.3 Å². The summed E-state index contributed by atoms with van der Waals surface area (Å²) in [6.07, 6.45) is 2.41. The first-order valence-electron chi connectivity index (χ1n) is 10.7. The highest BCUT2D eigenvalue weighted by Crippen LogP contribution is 2.26. The van der Waals surface area contributed by atoms with Crippen molar-refractivity contribution in [3.63, 3.8) is 0 Å². The van der Waals surface area contributed by atoms with Crippen molar-refractivity contribution in [3.05, 3.63) is 80.5 Å². The second kappa shape index (κ2) is 10.3. The van der Waals surface area contributed by atoms with Gasteiger partial charge in [-0.1, -0.05) is 29.3 Å². The number of anilines is 1. The SMILES string of the molecule is O=C(Nc1ccn(Cc2ccc(Cl)cc2Cl)n1)C1CCN(S(=O)(=O)c2ccc([N+](=O)[O-])cc2)CC1. The number of carbonyl (C=O) groups excluding carboxylic acids is 1. The molecule has 1 aliphatic heterocycles. The minimum atomic E-state index is -3.80. The van der Waals surface area contributed by atoms with E-state index in [4.69, 9.17) is 23.2 Å². The van der Waals surface area contributed by atoms with Crippen LogP contribution in [0.1, 0.15) is 18.4 Å². The third kappa shape index (κ3) is 5.81. The lowest BCUT2D eigenvalue weighted by molar-refractivity contribution is -0.384. The molecule has 1 aliphatic rings. The van der Waals surface area contributed by atoms with Crippen LogP contribution in [0.4, 0.5) is 11.5 Å². The smallest absolute Gasteiger partial charge is 0.269 e. The second-order valence-electron chi connectivity index (χ2n) is 8.05. The summed E-state index contributed by atoms with van der Waals surface area (Å²) < 4.78 is 28.7. The lowest BCUT2D eigenvalue weighted by Crippen LogP contribution is -2.41. The Kier molecular flexibility index (Phi) is 7.41. The third-order valence-electron chi connectivity index (χ3n) is 5.75. The molecule has 1 N–H and O–H groups in total. The Morgan fingerprint density at radius 1 is 1.11 bits per heavy atom. The number of non-ortho nitro benzene ring substituents is 1. The quantitative estimate of drug-likeness (QED) is 0.355. The second-order valence-corrected chi connectivity index (χ2v) is 10.8. The fourth-order valence-electron chi connectivity index (χ4n) is 3.82. The Hall–Kier alpha value is -2.99. The summed E-state index contributed by atoms with van der Waals surface area (Å²) in [5.41, 5.74) is 0.650. The van der Waals surface area contributed by atoms with Crippen molar-refractivity contribution in [3.8, 4) is 0 Å². The molecule has 3 aromatic rings. The van der Waals surface area contributed by atoms with Crippen molar-refractivity contribution >= 4 is 50.6 Å². The number of nitrogens with one attached hydrogen (secondary N) is 1. The zero-order valence-electron chi connectivity index (χ0n) is 18.3. The van der Waals surface area contributed by atoms with Gasteiger partial charge in [0, 0.05) is 53.4 Å². The fourth-order valence-corrected chi connectivity index (χ4v) is 5.75. The number of amides is 1. The standard InChI is InChI=1S/C22H21Cl2N5O5S/c23-17-2-1-16(20(24)13-17)14-27-10-9-21(26-27)25-22(30)15-7-11-28(12-8-15)35(33,34)19-5-3-18(4-6-19)29(31)32/h1-6,9-10,13,15H,7-8,11-12,14H2,(H,25,26,30). The third-order valence-corrected chi connectivity index (χ3v) is 8.25. The average molecular weight is 538 g/mol. The maximum atomic E-state index is 12.9. The van der Waals surface area contributed by atoms with Crippen LogP contribution in [-0.4, -0.2) is 46.4 Å². The van der Waals surface area contributed by atoms with Crippen molar-refractivity contribution in [2.75, 3.05) is 18.4 Å². The predicted molar refractivity (Wildman–Crippen MR) is 131 cm³/mol. The Morgan fingerprint density at radius 2 is 1.80 bits per heavy atom. The molecule has 10 nitrogen and oxygen atoms in total. The number of rotatable bonds is 7. The Morgan fingerprint density at radius 3 is 2.43 bits per heavy atom. The first-order valence-corrected chi connectivity index (χ1v) is 12.9. The lowest BCUT2D eigenvalue weighted by atomic mass is 9.97. The summed E-state index contributed by atoms with van der Waals surface area (Å²) in [4.78, 5) is 22.9. The van der Waals surface area contributed by atoms with E-state index in [-0.39, 0.29) is 35.5 Å². The number of hydrogen-bond acceptors (Lipinski definition) is 6. The molecule has 184 valence electrons. The van der Waals surface area contributed by atoms with E-state index in [1.807, 2.05) is 6.07 Å². The first kappa shape index (κ1) is 25.1. The molecular formula is C22H21Cl2N5O5S. The number of carbonyl (C=O) groups is 1. The molecule has 1 saturated heterocycles.